The second-order valence-corrected chi connectivity index (χ2v) is 7.04. The third-order valence-electron chi connectivity index (χ3n) is 5.42. The summed E-state index contributed by atoms with van der Waals surface area (Å²) in [5.41, 5.74) is 10.5. The van der Waals surface area contributed by atoms with E-state index in [2.05, 4.69) is 11.1 Å². The van der Waals surface area contributed by atoms with Crippen LogP contribution in [-0.2, 0) is 6.42 Å². The zero-order valence-corrected chi connectivity index (χ0v) is 15.1. The monoisotopic (exact) mass is 362 g/mol. The van der Waals surface area contributed by atoms with Crippen LogP contribution in [-0.4, -0.2) is 28.1 Å². The first-order chi connectivity index (χ1) is 13.3. The minimum Gasteiger partial charge on any atom is -0.454 e. The van der Waals surface area contributed by atoms with Crippen LogP contribution < -0.4 is 15.2 Å². The lowest BCUT2D eigenvalue weighted by Gasteiger charge is -2.23. The normalized spacial score (nSPS) is 17.7. The van der Waals surface area contributed by atoms with Crippen LogP contribution in [0.2, 0.25) is 0 Å². The Balaban J connectivity index is 1.69. The molecule has 0 fully saturated rings. The van der Waals surface area contributed by atoms with E-state index < -0.39 is 0 Å². The fourth-order valence-electron chi connectivity index (χ4n) is 4.21. The summed E-state index contributed by atoms with van der Waals surface area (Å²) >= 11 is 0. The topological polar surface area (TPSA) is 75.2 Å². The predicted octanol–water partition coefficient (Wildman–Crippen LogP) is 3.43. The van der Waals surface area contributed by atoms with Gasteiger partial charge in [-0.3, -0.25) is 0 Å². The van der Waals surface area contributed by atoms with E-state index in [4.69, 9.17) is 20.3 Å². The molecule has 3 heterocycles. The van der Waals surface area contributed by atoms with Gasteiger partial charge in [0, 0.05) is 17.3 Å². The lowest BCUT2D eigenvalue weighted by molar-refractivity contribution is 0.174. The van der Waals surface area contributed by atoms with Crippen molar-refractivity contribution in [1.82, 2.24) is 14.8 Å². The molecule has 0 saturated carbocycles. The molecule has 1 atom stereocenters. The van der Waals surface area contributed by atoms with Gasteiger partial charge in [-0.15, -0.1) is 0 Å². The molecule has 1 aliphatic heterocycles. The average molecular weight is 362 g/mol. The van der Waals surface area contributed by atoms with Crippen LogP contribution in [0.3, 0.4) is 0 Å². The molecule has 1 unspecified atom stereocenters. The van der Waals surface area contributed by atoms with Gasteiger partial charge in [-0.1, -0.05) is 6.07 Å². The Hall–Kier alpha value is -2.86. The van der Waals surface area contributed by atoms with Crippen LogP contribution in [0.1, 0.15) is 36.4 Å². The summed E-state index contributed by atoms with van der Waals surface area (Å²) < 4.78 is 13.1. The third kappa shape index (κ3) is 2.77. The second-order valence-electron chi connectivity index (χ2n) is 7.04. The zero-order valence-electron chi connectivity index (χ0n) is 15.1. The van der Waals surface area contributed by atoms with E-state index in [-0.39, 0.29) is 6.79 Å². The van der Waals surface area contributed by atoms with Crippen LogP contribution in [0.15, 0.2) is 42.6 Å². The molecular weight excluding hydrogens is 340 g/mol. The Morgan fingerprint density at radius 3 is 2.93 bits per heavy atom. The van der Waals surface area contributed by atoms with E-state index >= 15 is 0 Å². The van der Waals surface area contributed by atoms with Gasteiger partial charge >= 0.3 is 0 Å². The number of benzene rings is 1. The standard InChI is InChI=1S/C21H22N4O2/c22-10-9-14-4-3-5-16-20(14)21(24-25(16)19-6-1-2-11-23-19)15-7-8-17-18(12-15)27-13-26-17/h1-2,6-8,11-12,14H,3-5,9-10,13,22H2. The first kappa shape index (κ1) is 16.3. The fraction of sp³-hybridized carbons (Fsp3) is 0.333. The van der Waals surface area contributed by atoms with Gasteiger partial charge < -0.3 is 15.2 Å². The number of nitrogens with zero attached hydrogens (tertiary/aromatic N) is 3. The Morgan fingerprint density at radius 2 is 2.07 bits per heavy atom. The summed E-state index contributed by atoms with van der Waals surface area (Å²) in [5, 5.41) is 5.01. The molecule has 2 N–H and O–H groups in total. The van der Waals surface area contributed by atoms with Crippen molar-refractivity contribution in [2.24, 2.45) is 5.73 Å². The summed E-state index contributed by atoms with van der Waals surface area (Å²) in [6, 6.07) is 12.0. The van der Waals surface area contributed by atoms with Gasteiger partial charge in [-0.25, -0.2) is 9.67 Å². The van der Waals surface area contributed by atoms with E-state index in [1.807, 2.05) is 41.2 Å². The summed E-state index contributed by atoms with van der Waals surface area (Å²) in [7, 11) is 0. The first-order valence-electron chi connectivity index (χ1n) is 9.48. The molecule has 0 spiro atoms. The van der Waals surface area contributed by atoms with E-state index in [0.29, 0.717) is 12.5 Å². The largest absolute Gasteiger partial charge is 0.454 e. The maximum atomic E-state index is 5.92. The molecule has 5 rings (SSSR count). The van der Waals surface area contributed by atoms with Crippen molar-refractivity contribution in [2.45, 2.75) is 31.6 Å². The molecule has 1 aromatic carbocycles. The van der Waals surface area contributed by atoms with Crippen molar-refractivity contribution in [1.29, 1.82) is 0 Å². The minimum absolute atomic E-state index is 0.273. The summed E-state index contributed by atoms with van der Waals surface area (Å²) in [6.45, 7) is 0.953. The van der Waals surface area contributed by atoms with Crippen molar-refractivity contribution in [3.8, 4) is 28.6 Å². The predicted molar refractivity (Wildman–Crippen MR) is 102 cm³/mol. The number of ether oxygens (including phenoxy) is 2. The Bertz CT molecular complexity index is 968. The highest BCUT2D eigenvalue weighted by Crippen LogP contribution is 2.43. The highest BCUT2D eigenvalue weighted by molar-refractivity contribution is 5.69. The van der Waals surface area contributed by atoms with E-state index in [1.165, 1.54) is 11.3 Å². The van der Waals surface area contributed by atoms with Gasteiger partial charge in [0.15, 0.2) is 17.3 Å². The lowest BCUT2D eigenvalue weighted by Crippen LogP contribution is -2.15. The molecule has 27 heavy (non-hydrogen) atoms. The molecule has 0 bridgehead atoms. The molecule has 3 aromatic rings. The van der Waals surface area contributed by atoms with Crippen molar-refractivity contribution < 1.29 is 9.47 Å². The smallest absolute Gasteiger partial charge is 0.231 e. The number of hydrogen-bond donors (Lipinski definition) is 1. The molecule has 1 aliphatic carbocycles. The molecule has 2 aromatic heterocycles. The van der Waals surface area contributed by atoms with Gasteiger partial charge in [-0.05, 0) is 68.5 Å². The molecule has 0 saturated heterocycles. The first-order valence-corrected chi connectivity index (χ1v) is 9.48. The number of hydrogen-bond acceptors (Lipinski definition) is 5. The number of fused-ring (bicyclic) bond motifs is 2. The molecule has 2 aliphatic rings. The molecule has 6 nitrogen and oxygen atoms in total. The van der Waals surface area contributed by atoms with Gasteiger partial charge in [0.25, 0.3) is 0 Å². The average Bonchev–Trinajstić information content (AvgIpc) is 3.33. The van der Waals surface area contributed by atoms with Crippen LogP contribution in [0.25, 0.3) is 17.1 Å². The van der Waals surface area contributed by atoms with Gasteiger partial charge in [0.2, 0.25) is 6.79 Å². The molecule has 6 heteroatoms. The molecule has 138 valence electrons. The van der Waals surface area contributed by atoms with Crippen LogP contribution in [0.5, 0.6) is 11.5 Å². The zero-order chi connectivity index (χ0) is 18.2. The van der Waals surface area contributed by atoms with Crippen molar-refractivity contribution >= 4 is 0 Å². The van der Waals surface area contributed by atoms with Crippen molar-refractivity contribution in [2.75, 3.05) is 13.3 Å². The highest BCUT2D eigenvalue weighted by atomic mass is 16.7. The summed E-state index contributed by atoms with van der Waals surface area (Å²) in [5.74, 6) is 2.85. The molecule has 0 radical (unpaired) electrons. The van der Waals surface area contributed by atoms with E-state index in [9.17, 15) is 0 Å². The SMILES string of the molecule is NCCC1CCCc2c1c(-c1ccc3c(c1)OCO3)nn2-c1ccccn1. The Kier molecular flexibility index (Phi) is 4.05. The van der Waals surface area contributed by atoms with Gasteiger partial charge in [-0.2, -0.15) is 5.10 Å². The van der Waals surface area contributed by atoms with Gasteiger partial charge in [0.05, 0.1) is 11.4 Å². The quantitative estimate of drug-likeness (QED) is 0.769. The minimum atomic E-state index is 0.273. The Labute approximate surface area is 157 Å². The van der Waals surface area contributed by atoms with E-state index in [0.717, 1.165) is 54.3 Å². The van der Waals surface area contributed by atoms with Gasteiger partial charge in [0.1, 0.15) is 0 Å². The summed E-state index contributed by atoms with van der Waals surface area (Å²) in [4.78, 5) is 4.52. The van der Waals surface area contributed by atoms with Crippen LogP contribution in [0, 0.1) is 0 Å². The summed E-state index contributed by atoms with van der Waals surface area (Å²) in [6.07, 6.45) is 6.08. The maximum absolute atomic E-state index is 5.92. The van der Waals surface area contributed by atoms with E-state index in [1.54, 1.807) is 0 Å². The molecular formula is C21H22N4O2. The highest BCUT2D eigenvalue weighted by Gasteiger charge is 2.30. The Morgan fingerprint density at radius 1 is 1.15 bits per heavy atom. The van der Waals surface area contributed by atoms with Crippen molar-refractivity contribution in [3.63, 3.8) is 0 Å². The van der Waals surface area contributed by atoms with Crippen LogP contribution >= 0.6 is 0 Å². The van der Waals surface area contributed by atoms with Crippen molar-refractivity contribution in [3.05, 3.63) is 53.9 Å². The molecule has 0 amide bonds. The lowest BCUT2D eigenvalue weighted by atomic mass is 9.82. The second kappa shape index (κ2) is 6.70. The fourth-order valence-corrected chi connectivity index (χ4v) is 4.21. The number of rotatable bonds is 4. The third-order valence-corrected chi connectivity index (χ3v) is 5.42. The number of nitrogens with two attached hydrogens (primary N) is 1. The number of aromatic nitrogens is 3. The number of pyridine rings is 1. The van der Waals surface area contributed by atoms with Crippen LogP contribution in [0.4, 0.5) is 0 Å². The maximum Gasteiger partial charge on any atom is 0.231 e.